The second-order valence-corrected chi connectivity index (χ2v) is 6.44. The van der Waals surface area contributed by atoms with Gasteiger partial charge in [-0.05, 0) is 43.3 Å². The number of amides is 1. The summed E-state index contributed by atoms with van der Waals surface area (Å²) in [5.41, 5.74) is 2.56. The number of nitrogens with zero attached hydrogens (tertiary/aromatic N) is 4. The monoisotopic (exact) mass is 350 g/mol. The number of anilines is 1. The Morgan fingerprint density at radius 3 is 2.46 bits per heavy atom. The molecule has 0 radical (unpaired) electrons. The molecule has 1 aliphatic heterocycles. The van der Waals surface area contributed by atoms with Gasteiger partial charge in [0.05, 0.1) is 12.6 Å². The van der Waals surface area contributed by atoms with Crippen LogP contribution in [-0.4, -0.2) is 53.5 Å². The molecule has 0 saturated carbocycles. The van der Waals surface area contributed by atoms with E-state index in [1.165, 1.54) is 0 Å². The van der Waals surface area contributed by atoms with Gasteiger partial charge in [0.15, 0.2) is 5.69 Å². The van der Waals surface area contributed by atoms with E-state index in [-0.39, 0.29) is 5.91 Å². The predicted molar refractivity (Wildman–Crippen MR) is 101 cm³/mol. The number of hydrogen-bond acceptors (Lipinski definition) is 4. The van der Waals surface area contributed by atoms with Crippen molar-refractivity contribution in [1.82, 2.24) is 14.3 Å². The molecule has 1 fully saturated rings. The van der Waals surface area contributed by atoms with E-state index >= 15 is 0 Å². The number of carbonyl (C=O) groups excluding carboxylic acids is 1. The van der Waals surface area contributed by atoms with Gasteiger partial charge in [0.2, 0.25) is 0 Å². The zero-order valence-corrected chi connectivity index (χ0v) is 15.1. The average molecular weight is 350 g/mol. The first-order chi connectivity index (χ1) is 12.7. The summed E-state index contributed by atoms with van der Waals surface area (Å²) >= 11 is 0. The Kier molecular flexibility index (Phi) is 4.24. The van der Waals surface area contributed by atoms with Gasteiger partial charge in [-0.15, -0.1) is 0 Å². The molecule has 26 heavy (non-hydrogen) atoms. The van der Waals surface area contributed by atoms with Crippen LogP contribution in [0.5, 0.6) is 5.75 Å². The highest BCUT2D eigenvalue weighted by Gasteiger charge is 2.25. The summed E-state index contributed by atoms with van der Waals surface area (Å²) < 4.78 is 7.17. The van der Waals surface area contributed by atoms with Crippen LogP contribution < -0.4 is 9.64 Å². The van der Waals surface area contributed by atoms with Crippen molar-refractivity contribution in [3.05, 3.63) is 60.2 Å². The molecular formula is C20H22N4O2. The third-order valence-electron chi connectivity index (χ3n) is 4.93. The van der Waals surface area contributed by atoms with E-state index < -0.39 is 0 Å². The minimum Gasteiger partial charge on any atom is -0.497 e. The number of rotatable bonds is 3. The van der Waals surface area contributed by atoms with E-state index in [1.807, 2.05) is 52.8 Å². The van der Waals surface area contributed by atoms with Crippen LogP contribution in [0, 0.1) is 6.92 Å². The zero-order chi connectivity index (χ0) is 18.1. The van der Waals surface area contributed by atoms with Gasteiger partial charge in [0.1, 0.15) is 11.6 Å². The summed E-state index contributed by atoms with van der Waals surface area (Å²) in [6, 6.07) is 13.9. The lowest BCUT2D eigenvalue weighted by Crippen LogP contribution is -2.48. The van der Waals surface area contributed by atoms with Crippen molar-refractivity contribution in [3.8, 4) is 5.75 Å². The van der Waals surface area contributed by atoms with Crippen molar-refractivity contribution >= 4 is 17.1 Å². The number of methoxy groups -OCH3 is 1. The molecule has 0 aliphatic carbocycles. The number of aryl methyl sites for hydroxylation is 1. The number of aromatic nitrogens is 2. The number of fused-ring (bicyclic) bond motifs is 1. The minimum absolute atomic E-state index is 0.0104. The standard InChI is InChI=1S/C20H22N4O2/c1-15-21-19(18-5-3-4-10-24(15)18)20(25)23-13-11-22(12-14-23)16-6-8-17(26-2)9-7-16/h3-10H,11-14H2,1-2H3. The molecule has 0 bridgehead atoms. The molecule has 1 saturated heterocycles. The van der Waals surface area contributed by atoms with Crippen molar-refractivity contribution in [3.63, 3.8) is 0 Å². The van der Waals surface area contributed by atoms with Crippen LogP contribution in [0.4, 0.5) is 5.69 Å². The zero-order valence-electron chi connectivity index (χ0n) is 15.1. The van der Waals surface area contributed by atoms with Gasteiger partial charge in [-0.1, -0.05) is 6.07 Å². The lowest BCUT2D eigenvalue weighted by Gasteiger charge is -2.36. The van der Waals surface area contributed by atoms with E-state index in [2.05, 4.69) is 22.0 Å². The number of ether oxygens (including phenoxy) is 1. The van der Waals surface area contributed by atoms with Gasteiger partial charge in [-0.25, -0.2) is 4.98 Å². The van der Waals surface area contributed by atoms with Crippen LogP contribution >= 0.6 is 0 Å². The van der Waals surface area contributed by atoms with Gasteiger partial charge < -0.3 is 18.9 Å². The molecule has 0 atom stereocenters. The average Bonchev–Trinajstić information content (AvgIpc) is 3.05. The highest BCUT2D eigenvalue weighted by atomic mass is 16.5. The molecular weight excluding hydrogens is 328 g/mol. The second kappa shape index (κ2) is 6.71. The van der Waals surface area contributed by atoms with Crippen LogP contribution in [0.2, 0.25) is 0 Å². The van der Waals surface area contributed by atoms with Crippen LogP contribution in [-0.2, 0) is 0 Å². The quantitative estimate of drug-likeness (QED) is 0.729. The number of hydrogen-bond donors (Lipinski definition) is 0. The minimum atomic E-state index is 0.0104. The number of carbonyl (C=O) groups is 1. The fourth-order valence-corrected chi connectivity index (χ4v) is 3.46. The SMILES string of the molecule is COc1ccc(N2CCN(C(=O)c3nc(C)n4ccccc34)CC2)cc1. The summed E-state index contributed by atoms with van der Waals surface area (Å²) in [4.78, 5) is 21.7. The van der Waals surface area contributed by atoms with E-state index in [4.69, 9.17) is 4.74 Å². The lowest BCUT2D eigenvalue weighted by atomic mass is 10.2. The molecule has 134 valence electrons. The Bertz CT molecular complexity index is 925. The Hall–Kier alpha value is -3.02. The summed E-state index contributed by atoms with van der Waals surface area (Å²) in [6.45, 7) is 4.92. The van der Waals surface area contributed by atoms with E-state index in [0.717, 1.165) is 35.9 Å². The normalized spacial score (nSPS) is 14.7. The highest BCUT2D eigenvalue weighted by molar-refractivity contribution is 5.99. The van der Waals surface area contributed by atoms with Crippen molar-refractivity contribution in [1.29, 1.82) is 0 Å². The van der Waals surface area contributed by atoms with Crippen LogP contribution in [0.25, 0.3) is 5.52 Å². The highest BCUT2D eigenvalue weighted by Crippen LogP contribution is 2.22. The lowest BCUT2D eigenvalue weighted by molar-refractivity contribution is 0.0743. The Labute approximate surface area is 152 Å². The van der Waals surface area contributed by atoms with Gasteiger partial charge in [-0.3, -0.25) is 4.79 Å². The second-order valence-electron chi connectivity index (χ2n) is 6.44. The molecule has 1 aliphatic rings. The van der Waals surface area contributed by atoms with Crippen molar-refractivity contribution in [2.45, 2.75) is 6.92 Å². The van der Waals surface area contributed by atoms with E-state index in [9.17, 15) is 4.79 Å². The van der Waals surface area contributed by atoms with Gasteiger partial charge in [-0.2, -0.15) is 0 Å². The molecule has 1 aromatic carbocycles. The van der Waals surface area contributed by atoms with E-state index in [1.54, 1.807) is 7.11 Å². The van der Waals surface area contributed by atoms with Gasteiger partial charge >= 0.3 is 0 Å². The topological polar surface area (TPSA) is 50.1 Å². The smallest absolute Gasteiger partial charge is 0.274 e. The predicted octanol–water partition coefficient (Wildman–Crippen LogP) is 2.61. The number of imidazole rings is 1. The molecule has 3 aromatic rings. The molecule has 0 spiro atoms. The first-order valence-electron chi connectivity index (χ1n) is 8.79. The van der Waals surface area contributed by atoms with Crippen molar-refractivity contribution in [2.75, 3.05) is 38.2 Å². The Morgan fingerprint density at radius 2 is 1.77 bits per heavy atom. The maximum Gasteiger partial charge on any atom is 0.274 e. The molecule has 6 nitrogen and oxygen atoms in total. The Balaban J connectivity index is 1.47. The first kappa shape index (κ1) is 16.4. The molecule has 1 amide bonds. The molecule has 3 heterocycles. The summed E-state index contributed by atoms with van der Waals surface area (Å²) in [5, 5.41) is 0. The summed E-state index contributed by atoms with van der Waals surface area (Å²) in [7, 11) is 1.67. The van der Waals surface area contributed by atoms with Crippen LogP contribution in [0.3, 0.4) is 0 Å². The molecule has 0 unspecified atom stereocenters. The number of benzene rings is 1. The Morgan fingerprint density at radius 1 is 1.04 bits per heavy atom. The fraction of sp³-hybridized carbons (Fsp3) is 0.300. The van der Waals surface area contributed by atoms with Crippen molar-refractivity contribution < 1.29 is 9.53 Å². The largest absolute Gasteiger partial charge is 0.497 e. The van der Waals surface area contributed by atoms with Crippen LogP contribution in [0.1, 0.15) is 16.3 Å². The maximum absolute atomic E-state index is 13.0. The molecule has 2 aromatic heterocycles. The summed E-state index contributed by atoms with van der Waals surface area (Å²) in [5.74, 6) is 1.70. The van der Waals surface area contributed by atoms with Crippen molar-refractivity contribution in [2.24, 2.45) is 0 Å². The summed E-state index contributed by atoms with van der Waals surface area (Å²) in [6.07, 6.45) is 1.94. The van der Waals surface area contributed by atoms with E-state index in [0.29, 0.717) is 18.8 Å². The molecule has 4 rings (SSSR count). The fourth-order valence-electron chi connectivity index (χ4n) is 3.46. The first-order valence-corrected chi connectivity index (χ1v) is 8.79. The van der Waals surface area contributed by atoms with Gasteiger partial charge in [0.25, 0.3) is 5.91 Å². The van der Waals surface area contributed by atoms with Gasteiger partial charge in [0, 0.05) is 38.1 Å². The molecule has 0 N–H and O–H groups in total. The maximum atomic E-state index is 13.0. The molecule has 6 heteroatoms. The number of pyridine rings is 1. The third kappa shape index (κ3) is 2.87. The number of piperazine rings is 1. The third-order valence-corrected chi connectivity index (χ3v) is 4.93. The van der Waals surface area contributed by atoms with Crippen LogP contribution in [0.15, 0.2) is 48.7 Å².